The number of halogens is 2. The largest absolute Gasteiger partial charge is 0.472 e. The molecule has 0 atom stereocenters. The topological polar surface area (TPSA) is 33.5 Å². The van der Waals surface area contributed by atoms with Gasteiger partial charge in [0.25, 0.3) is 5.91 Å². The molecule has 3 nitrogen and oxygen atoms in total. The SMILES string of the molecule is CN(Cc1ccoc1)C(=O)c1cc(I)ccc1Br. The van der Waals surface area contributed by atoms with Crippen LogP contribution in [0.1, 0.15) is 15.9 Å². The van der Waals surface area contributed by atoms with Gasteiger partial charge in [-0.1, -0.05) is 0 Å². The normalized spacial score (nSPS) is 10.4. The summed E-state index contributed by atoms with van der Waals surface area (Å²) >= 11 is 5.60. The highest BCUT2D eigenvalue weighted by atomic mass is 127. The smallest absolute Gasteiger partial charge is 0.255 e. The third-order valence-corrected chi connectivity index (χ3v) is 3.87. The molecule has 0 radical (unpaired) electrons. The van der Waals surface area contributed by atoms with Crippen LogP contribution in [0.4, 0.5) is 0 Å². The summed E-state index contributed by atoms with van der Waals surface area (Å²) in [5.74, 6) is -0.0124. The Bertz CT molecular complexity index is 554. The van der Waals surface area contributed by atoms with E-state index in [4.69, 9.17) is 4.42 Å². The van der Waals surface area contributed by atoms with E-state index < -0.39 is 0 Å². The van der Waals surface area contributed by atoms with Gasteiger partial charge in [-0.15, -0.1) is 0 Å². The molecule has 0 saturated carbocycles. The first-order chi connectivity index (χ1) is 8.58. The Morgan fingerprint density at radius 1 is 1.44 bits per heavy atom. The molecule has 0 saturated heterocycles. The fourth-order valence-electron chi connectivity index (χ4n) is 1.60. The number of furan rings is 1. The highest BCUT2D eigenvalue weighted by Gasteiger charge is 2.15. The van der Waals surface area contributed by atoms with Gasteiger partial charge in [0.2, 0.25) is 0 Å². The summed E-state index contributed by atoms with van der Waals surface area (Å²) in [6.07, 6.45) is 3.25. The second-order valence-corrected chi connectivity index (χ2v) is 6.02. The number of rotatable bonds is 3. The van der Waals surface area contributed by atoms with Gasteiger partial charge in [-0.2, -0.15) is 0 Å². The van der Waals surface area contributed by atoms with Crippen molar-refractivity contribution in [3.63, 3.8) is 0 Å². The predicted molar refractivity (Wildman–Crippen MR) is 81.4 cm³/mol. The van der Waals surface area contributed by atoms with Gasteiger partial charge < -0.3 is 9.32 Å². The van der Waals surface area contributed by atoms with E-state index in [1.165, 1.54) is 0 Å². The van der Waals surface area contributed by atoms with Gasteiger partial charge in [-0.05, 0) is 62.8 Å². The molecule has 0 aliphatic carbocycles. The molecule has 0 aliphatic rings. The van der Waals surface area contributed by atoms with E-state index in [-0.39, 0.29) is 5.91 Å². The van der Waals surface area contributed by atoms with E-state index in [0.29, 0.717) is 12.1 Å². The van der Waals surface area contributed by atoms with Gasteiger partial charge in [0.05, 0.1) is 18.1 Å². The minimum absolute atomic E-state index is 0.0124. The summed E-state index contributed by atoms with van der Waals surface area (Å²) in [5, 5.41) is 0. The molecule has 2 rings (SSSR count). The van der Waals surface area contributed by atoms with E-state index in [1.807, 2.05) is 24.3 Å². The first kappa shape index (κ1) is 13.6. The highest BCUT2D eigenvalue weighted by Crippen LogP contribution is 2.21. The lowest BCUT2D eigenvalue weighted by atomic mass is 10.2. The highest BCUT2D eigenvalue weighted by molar-refractivity contribution is 14.1. The zero-order chi connectivity index (χ0) is 13.1. The van der Waals surface area contributed by atoms with Crippen molar-refractivity contribution in [2.75, 3.05) is 7.05 Å². The maximum absolute atomic E-state index is 12.3. The van der Waals surface area contributed by atoms with Crippen molar-refractivity contribution in [3.8, 4) is 0 Å². The van der Waals surface area contributed by atoms with Gasteiger partial charge >= 0.3 is 0 Å². The molecule has 1 heterocycles. The maximum Gasteiger partial charge on any atom is 0.255 e. The van der Waals surface area contributed by atoms with Crippen LogP contribution < -0.4 is 0 Å². The van der Waals surface area contributed by atoms with Crippen molar-refractivity contribution < 1.29 is 9.21 Å². The second-order valence-electron chi connectivity index (χ2n) is 3.92. The van der Waals surface area contributed by atoms with Gasteiger partial charge in [-0.3, -0.25) is 4.79 Å². The Labute approximate surface area is 127 Å². The van der Waals surface area contributed by atoms with Crippen molar-refractivity contribution in [2.45, 2.75) is 6.54 Å². The molecule has 1 aromatic carbocycles. The Hall–Kier alpha value is -0.820. The van der Waals surface area contributed by atoms with E-state index in [9.17, 15) is 4.79 Å². The lowest BCUT2D eigenvalue weighted by Gasteiger charge is -2.17. The van der Waals surface area contributed by atoms with E-state index in [2.05, 4.69) is 38.5 Å². The first-order valence-corrected chi connectivity index (χ1v) is 7.16. The summed E-state index contributed by atoms with van der Waals surface area (Å²) in [5.41, 5.74) is 1.65. The first-order valence-electron chi connectivity index (χ1n) is 5.29. The van der Waals surface area contributed by atoms with Crippen molar-refractivity contribution in [2.24, 2.45) is 0 Å². The number of nitrogens with zero attached hydrogens (tertiary/aromatic N) is 1. The second kappa shape index (κ2) is 5.88. The van der Waals surface area contributed by atoms with E-state index >= 15 is 0 Å². The maximum atomic E-state index is 12.3. The van der Waals surface area contributed by atoms with Crippen LogP contribution in [0.25, 0.3) is 0 Å². The van der Waals surface area contributed by atoms with Crippen LogP contribution in [-0.4, -0.2) is 17.9 Å². The molecule has 0 fully saturated rings. The minimum Gasteiger partial charge on any atom is -0.472 e. The van der Waals surface area contributed by atoms with Crippen molar-refractivity contribution in [3.05, 3.63) is 56.0 Å². The van der Waals surface area contributed by atoms with Crippen LogP contribution in [0, 0.1) is 3.57 Å². The zero-order valence-electron chi connectivity index (χ0n) is 9.69. The number of hydrogen-bond acceptors (Lipinski definition) is 2. The summed E-state index contributed by atoms with van der Waals surface area (Å²) in [4.78, 5) is 14.0. The molecule has 0 bridgehead atoms. The van der Waals surface area contributed by atoms with Gasteiger partial charge in [0.1, 0.15) is 0 Å². The average Bonchev–Trinajstić information content (AvgIpc) is 2.84. The van der Waals surface area contributed by atoms with E-state index in [0.717, 1.165) is 13.6 Å². The predicted octanol–water partition coefficient (Wildman–Crippen LogP) is 3.92. The Morgan fingerprint density at radius 2 is 2.22 bits per heavy atom. The summed E-state index contributed by atoms with van der Waals surface area (Å²) in [6.45, 7) is 0.535. The number of carbonyl (C=O) groups excluding carboxylic acids is 1. The third kappa shape index (κ3) is 3.14. The van der Waals surface area contributed by atoms with Crippen molar-refractivity contribution in [1.29, 1.82) is 0 Å². The lowest BCUT2D eigenvalue weighted by Crippen LogP contribution is -2.26. The molecule has 0 aliphatic heterocycles. The van der Waals surface area contributed by atoms with E-state index in [1.54, 1.807) is 24.5 Å². The molecule has 1 amide bonds. The Morgan fingerprint density at radius 3 is 2.89 bits per heavy atom. The fraction of sp³-hybridized carbons (Fsp3) is 0.154. The standard InChI is InChI=1S/C13H11BrINO2/c1-16(7-9-4-5-18-8-9)13(17)11-6-10(15)2-3-12(11)14/h2-6,8H,7H2,1H3. The van der Waals surface area contributed by atoms with Crippen LogP contribution in [0.5, 0.6) is 0 Å². The van der Waals surface area contributed by atoms with Crippen molar-refractivity contribution >= 4 is 44.4 Å². The summed E-state index contributed by atoms with van der Waals surface area (Å²) in [7, 11) is 1.78. The van der Waals surface area contributed by atoms with Crippen LogP contribution in [0.2, 0.25) is 0 Å². The molecule has 5 heteroatoms. The lowest BCUT2D eigenvalue weighted by molar-refractivity contribution is 0.0784. The molecule has 2 aromatic rings. The number of hydrogen-bond donors (Lipinski definition) is 0. The summed E-state index contributed by atoms with van der Waals surface area (Å²) in [6, 6.07) is 7.57. The molecular weight excluding hydrogens is 409 g/mol. The molecule has 94 valence electrons. The van der Waals surface area contributed by atoms with Crippen LogP contribution >= 0.6 is 38.5 Å². The molecule has 0 unspecified atom stereocenters. The quantitative estimate of drug-likeness (QED) is 0.706. The summed E-state index contributed by atoms with van der Waals surface area (Å²) < 4.78 is 6.85. The number of benzene rings is 1. The molecule has 0 N–H and O–H groups in total. The number of amides is 1. The average molecular weight is 420 g/mol. The minimum atomic E-state index is -0.0124. The Kier molecular flexibility index (Phi) is 4.45. The van der Waals surface area contributed by atoms with Gasteiger partial charge in [0, 0.05) is 27.2 Å². The molecular formula is C13H11BrINO2. The van der Waals surface area contributed by atoms with Crippen LogP contribution in [-0.2, 0) is 6.54 Å². The fourth-order valence-corrected chi connectivity index (χ4v) is 2.50. The monoisotopic (exact) mass is 419 g/mol. The van der Waals surface area contributed by atoms with Crippen LogP contribution in [0.15, 0.2) is 45.7 Å². The molecule has 1 aromatic heterocycles. The number of carbonyl (C=O) groups is 1. The third-order valence-electron chi connectivity index (χ3n) is 2.51. The zero-order valence-corrected chi connectivity index (χ0v) is 13.4. The molecule has 0 spiro atoms. The van der Waals surface area contributed by atoms with Crippen molar-refractivity contribution in [1.82, 2.24) is 4.90 Å². The molecule has 18 heavy (non-hydrogen) atoms. The Balaban J connectivity index is 2.17. The van der Waals surface area contributed by atoms with Crippen LogP contribution in [0.3, 0.4) is 0 Å². The van der Waals surface area contributed by atoms with Gasteiger partial charge in [-0.25, -0.2) is 0 Å². The van der Waals surface area contributed by atoms with Gasteiger partial charge in [0.15, 0.2) is 0 Å².